The van der Waals surface area contributed by atoms with Crippen molar-refractivity contribution in [1.29, 1.82) is 0 Å². The standard InChI is InChI=1S/C15H20N2O5/c1-3-4-5-12(15(19)20)17-14(18)11-6-7-16-13(10-11)22-9-8-21-2/h3,6-7,10,12H,1,4-5,8-9H2,2H3,(H,17,18)(H,19,20). The second-order valence-corrected chi connectivity index (χ2v) is 4.45. The molecule has 1 rings (SSSR count). The van der Waals surface area contributed by atoms with E-state index in [9.17, 15) is 9.59 Å². The molecular formula is C15H20N2O5. The van der Waals surface area contributed by atoms with E-state index >= 15 is 0 Å². The molecule has 7 heteroatoms. The number of nitrogens with zero attached hydrogens (tertiary/aromatic N) is 1. The number of carboxylic acid groups (broad SMARTS) is 1. The summed E-state index contributed by atoms with van der Waals surface area (Å²) in [5.74, 6) is -1.29. The highest BCUT2D eigenvalue weighted by Gasteiger charge is 2.20. The molecule has 0 aliphatic carbocycles. The van der Waals surface area contributed by atoms with Gasteiger partial charge >= 0.3 is 5.97 Å². The van der Waals surface area contributed by atoms with Crippen molar-refractivity contribution < 1.29 is 24.2 Å². The van der Waals surface area contributed by atoms with Crippen molar-refractivity contribution in [3.8, 4) is 5.88 Å². The molecule has 1 heterocycles. The highest BCUT2D eigenvalue weighted by Crippen LogP contribution is 2.10. The molecule has 1 unspecified atom stereocenters. The number of methoxy groups -OCH3 is 1. The Morgan fingerprint density at radius 1 is 1.50 bits per heavy atom. The van der Waals surface area contributed by atoms with E-state index in [0.717, 1.165) is 0 Å². The van der Waals surface area contributed by atoms with Crippen molar-refractivity contribution in [3.05, 3.63) is 36.5 Å². The fourth-order valence-electron chi connectivity index (χ4n) is 1.64. The van der Waals surface area contributed by atoms with Gasteiger partial charge in [-0.3, -0.25) is 4.79 Å². The normalized spacial score (nSPS) is 11.5. The first-order valence-corrected chi connectivity index (χ1v) is 6.80. The maximum absolute atomic E-state index is 12.1. The van der Waals surface area contributed by atoms with Gasteiger partial charge in [0.15, 0.2) is 0 Å². The number of hydrogen-bond donors (Lipinski definition) is 2. The Morgan fingerprint density at radius 3 is 2.91 bits per heavy atom. The van der Waals surface area contributed by atoms with Crippen LogP contribution in [-0.2, 0) is 9.53 Å². The molecule has 22 heavy (non-hydrogen) atoms. The van der Waals surface area contributed by atoms with E-state index in [-0.39, 0.29) is 17.9 Å². The summed E-state index contributed by atoms with van der Waals surface area (Å²) in [5, 5.41) is 11.6. The molecule has 1 aromatic rings. The summed E-state index contributed by atoms with van der Waals surface area (Å²) in [5.41, 5.74) is 0.285. The number of aromatic nitrogens is 1. The predicted molar refractivity (Wildman–Crippen MR) is 79.9 cm³/mol. The molecule has 0 bridgehead atoms. The molecule has 2 N–H and O–H groups in total. The van der Waals surface area contributed by atoms with Crippen LogP contribution in [0.1, 0.15) is 23.2 Å². The number of pyridine rings is 1. The van der Waals surface area contributed by atoms with Gasteiger partial charge in [-0.25, -0.2) is 9.78 Å². The lowest BCUT2D eigenvalue weighted by Crippen LogP contribution is -2.40. The third-order valence-electron chi connectivity index (χ3n) is 2.80. The number of carbonyl (C=O) groups is 2. The van der Waals surface area contributed by atoms with Crippen LogP contribution in [0.25, 0.3) is 0 Å². The lowest BCUT2D eigenvalue weighted by atomic mass is 10.1. The Morgan fingerprint density at radius 2 is 2.27 bits per heavy atom. The van der Waals surface area contributed by atoms with Crippen molar-refractivity contribution in [1.82, 2.24) is 10.3 Å². The van der Waals surface area contributed by atoms with E-state index in [1.54, 1.807) is 13.2 Å². The molecule has 0 fully saturated rings. The minimum absolute atomic E-state index is 0.280. The first-order chi connectivity index (χ1) is 10.6. The number of carbonyl (C=O) groups excluding carboxylic acids is 1. The molecule has 0 radical (unpaired) electrons. The van der Waals surface area contributed by atoms with Gasteiger partial charge in [-0.05, 0) is 18.9 Å². The zero-order valence-electron chi connectivity index (χ0n) is 12.4. The number of hydrogen-bond acceptors (Lipinski definition) is 5. The summed E-state index contributed by atoms with van der Waals surface area (Å²) >= 11 is 0. The highest BCUT2D eigenvalue weighted by molar-refractivity contribution is 5.96. The summed E-state index contributed by atoms with van der Waals surface area (Å²) in [6.07, 6.45) is 3.82. The zero-order valence-corrected chi connectivity index (χ0v) is 12.4. The number of carboxylic acids is 1. The monoisotopic (exact) mass is 308 g/mol. The molecule has 1 aromatic heterocycles. The second-order valence-electron chi connectivity index (χ2n) is 4.45. The first-order valence-electron chi connectivity index (χ1n) is 6.80. The highest BCUT2D eigenvalue weighted by atomic mass is 16.5. The van der Waals surface area contributed by atoms with Crippen LogP contribution in [0.2, 0.25) is 0 Å². The Kier molecular flexibility index (Phi) is 7.63. The van der Waals surface area contributed by atoms with Crippen LogP contribution in [0.3, 0.4) is 0 Å². The lowest BCUT2D eigenvalue weighted by Gasteiger charge is -2.14. The van der Waals surface area contributed by atoms with Gasteiger partial charge in [-0.2, -0.15) is 0 Å². The number of amides is 1. The average molecular weight is 308 g/mol. The number of nitrogens with one attached hydrogen (secondary N) is 1. The quantitative estimate of drug-likeness (QED) is 0.499. The van der Waals surface area contributed by atoms with Gasteiger partial charge in [-0.15, -0.1) is 6.58 Å². The lowest BCUT2D eigenvalue weighted by molar-refractivity contribution is -0.139. The van der Waals surface area contributed by atoms with Gasteiger partial charge < -0.3 is 19.9 Å². The van der Waals surface area contributed by atoms with Crippen LogP contribution < -0.4 is 10.1 Å². The third kappa shape index (κ3) is 5.92. The van der Waals surface area contributed by atoms with Crippen LogP contribution in [0.5, 0.6) is 5.88 Å². The Labute approximate surface area is 129 Å². The van der Waals surface area contributed by atoms with Crippen LogP contribution in [0.4, 0.5) is 0 Å². The van der Waals surface area contributed by atoms with Gasteiger partial charge in [0.2, 0.25) is 5.88 Å². The van der Waals surface area contributed by atoms with Crippen molar-refractivity contribution in [2.24, 2.45) is 0 Å². The summed E-state index contributed by atoms with van der Waals surface area (Å²) in [6, 6.07) is 1.99. The Hall–Kier alpha value is -2.41. The predicted octanol–water partition coefficient (Wildman–Crippen LogP) is 1.26. The maximum atomic E-state index is 12.1. The SMILES string of the molecule is C=CCCC(NC(=O)c1ccnc(OCCOC)c1)C(=O)O. The molecule has 0 saturated heterocycles. The van der Waals surface area contributed by atoms with Gasteiger partial charge in [0.05, 0.1) is 6.61 Å². The molecule has 0 saturated carbocycles. The van der Waals surface area contributed by atoms with Crippen molar-refractivity contribution in [3.63, 3.8) is 0 Å². The summed E-state index contributed by atoms with van der Waals surface area (Å²) in [7, 11) is 1.55. The van der Waals surface area contributed by atoms with Crippen molar-refractivity contribution in [2.45, 2.75) is 18.9 Å². The maximum Gasteiger partial charge on any atom is 0.326 e. The van der Waals surface area contributed by atoms with E-state index in [2.05, 4.69) is 16.9 Å². The van der Waals surface area contributed by atoms with Crippen LogP contribution in [0.15, 0.2) is 31.0 Å². The first kappa shape index (κ1) is 17.6. The molecule has 120 valence electrons. The van der Waals surface area contributed by atoms with E-state index < -0.39 is 17.9 Å². The zero-order chi connectivity index (χ0) is 16.4. The van der Waals surface area contributed by atoms with Gasteiger partial charge in [0, 0.05) is 24.9 Å². The molecule has 0 spiro atoms. The summed E-state index contributed by atoms with van der Waals surface area (Å²) in [4.78, 5) is 27.2. The van der Waals surface area contributed by atoms with Crippen molar-refractivity contribution in [2.75, 3.05) is 20.3 Å². The molecule has 0 aliphatic rings. The molecule has 1 atom stereocenters. The molecular weight excluding hydrogens is 288 g/mol. The third-order valence-corrected chi connectivity index (χ3v) is 2.80. The minimum Gasteiger partial charge on any atom is -0.480 e. The minimum atomic E-state index is -1.08. The fraction of sp³-hybridized carbons (Fsp3) is 0.400. The average Bonchev–Trinajstić information content (AvgIpc) is 2.51. The van der Waals surface area contributed by atoms with Gasteiger partial charge in [0.1, 0.15) is 12.6 Å². The fourth-order valence-corrected chi connectivity index (χ4v) is 1.64. The van der Waals surface area contributed by atoms with Gasteiger partial charge in [-0.1, -0.05) is 6.08 Å². The number of allylic oxidation sites excluding steroid dienone is 1. The molecule has 7 nitrogen and oxygen atoms in total. The van der Waals surface area contributed by atoms with E-state index in [4.69, 9.17) is 14.6 Å². The molecule has 1 amide bonds. The Balaban J connectivity index is 2.68. The summed E-state index contributed by atoms with van der Waals surface area (Å²) < 4.78 is 10.2. The van der Waals surface area contributed by atoms with Crippen LogP contribution >= 0.6 is 0 Å². The summed E-state index contributed by atoms with van der Waals surface area (Å²) in [6.45, 7) is 4.25. The van der Waals surface area contributed by atoms with Crippen LogP contribution in [0, 0.1) is 0 Å². The van der Waals surface area contributed by atoms with E-state index in [0.29, 0.717) is 19.6 Å². The van der Waals surface area contributed by atoms with Crippen molar-refractivity contribution >= 4 is 11.9 Å². The molecule has 0 aromatic carbocycles. The van der Waals surface area contributed by atoms with Crippen LogP contribution in [-0.4, -0.2) is 48.3 Å². The second kappa shape index (κ2) is 9.51. The number of ether oxygens (including phenoxy) is 2. The molecule has 0 aliphatic heterocycles. The Bertz CT molecular complexity index is 518. The van der Waals surface area contributed by atoms with Gasteiger partial charge in [0.25, 0.3) is 5.91 Å². The topological polar surface area (TPSA) is 97.8 Å². The van der Waals surface area contributed by atoms with E-state index in [1.807, 2.05) is 0 Å². The van der Waals surface area contributed by atoms with E-state index in [1.165, 1.54) is 18.3 Å². The number of aliphatic carboxylic acids is 1. The largest absolute Gasteiger partial charge is 0.480 e. The smallest absolute Gasteiger partial charge is 0.326 e. The number of rotatable bonds is 10.